The van der Waals surface area contributed by atoms with E-state index in [1.807, 2.05) is 24.3 Å². The normalized spacial score (nSPS) is 13.9. The molecule has 0 aliphatic carbocycles. The number of aromatic nitrogens is 1. The molecule has 8 heteroatoms. The Labute approximate surface area is 201 Å². The molecule has 1 aliphatic heterocycles. The minimum absolute atomic E-state index is 0.124. The molecular weight excluding hydrogens is 446 g/mol. The third-order valence-corrected chi connectivity index (χ3v) is 6.16. The Balaban J connectivity index is 1.53. The number of fused-ring (bicyclic) bond motifs is 1. The molecule has 2 aromatic carbocycles. The summed E-state index contributed by atoms with van der Waals surface area (Å²) < 4.78 is 17.0. The Hall–Kier alpha value is -4.35. The van der Waals surface area contributed by atoms with E-state index in [4.69, 9.17) is 13.9 Å². The van der Waals surface area contributed by atoms with Crippen LogP contribution >= 0.6 is 0 Å². The maximum atomic E-state index is 11.3. The van der Waals surface area contributed by atoms with Gasteiger partial charge in [-0.25, -0.2) is 4.79 Å². The molecule has 8 nitrogen and oxygen atoms in total. The number of hydrogen-bond acceptors (Lipinski definition) is 7. The standard InChI is InChI=1S/C27H23N3O5/c1-33-24-13-17(27(31)32)2-4-21(24)25-14-23-26(35-25)20(6-9-29-23)16-3-5-22(18(12-16)15-28)30-19-7-10-34-11-8-19/h2-6,9,12-14,19,30H,7-8,10-11H2,1H3,(H,31,32). The van der Waals surface area contributed by atoms with E-state index in [1.54, 1.807) is 18.3 Å². The Kier molecular flexibility index (Phi) is 6.08. The van der Waals surface area contributed by atoms with Crippen LogP contribution in [0.25, 0.3) is 33.6 Å². The summed E-state index contributed by atoms with van der Waals surface area (Å²) in [5.74, 6) is -0.140. The summed E-state index contributed by atoms with van der Waals surface area (Å²) in [5.41, 5.74) is 4.95. The number of rotatable bonds is 6. The summed E-state index contributed by atoms with van der Waals surface area (Å²) in [6.45, 7) is 1.44. The van der Waals surface area contributed by atoms with Crippen molar-refractivity contribution >= 4 is 22.8 Å². The van der Waals surface area contributed by atoms with Crippen molar-refractivity contribution in [1.29, 1.82) is 5.26 Å². The first kappa shape index (κ1) is 22.4. The first-order chi connectivity index (χ1) is 17.1. The van der Waals surface area contributed by atoms with E-state index in [1.165, 1.54) is 19.2 Å². The zero-order valence-electron chi connectivity index (χ0n) is 19.1. The number of nitrogens with zero attached hydrogens (tertiary/aromatic N) is 2. The van der Waals surface area contributed by atoms with E-state index in [-0.39, 0.29) is 11.6 Å². The number of carbonyl (C=O) groups is 1. The van der Waals surface area contributed by atoms with Gasteiger partial charge >= 0.3 is 5.97 Å². The average molecular weight is 469 g/mol. The first-order valence-corrected chi connectivity index (χ1v) is 11.3. The lowest BCUT2D eigenvalue weighted by Gasteiger charge is -2.24. The maximum absolute atomic E-state index is 11.3. The van der Waals surface area contributed by atoms with Crippen LogP contribution < -0.4 is 10.1 Å². The number of carboxylic acid groups (broad SMARTS) is 1. The van der Waals surface area contributed by atoms with Gasteiger partial charge in [0.15, 0.2) is 5.58 Å². The lowest BCUT2D eigenvalue weighted by Crippen LogP contribution is -2.28. The van der Waals surface area contributed by atoms with Crippen LogP contribution in [0.1, 0.15) is 28.8 Å². The van der Waals surface area contributed by atoms with Crippen molar-refractivity contribution in [3.05, 3.63) is 65.9 Å². The number of furan rings is 1. The Bertz CT molecular complexity index is 1450. The second kappa shape index (κ2) is 9.49. The molecule has 176 valence electrons. The highest BCUT2D eigenvalue weighted by Crippen LogP contribution is 2.38. The second-order valence-corrected chi connectivity index (χ2v) is 8.31. The summed E-state index contributed by atoms with van der Waals surface area (Å²) in [7, 11) is 1.48. The van der Waals surface area contributed by atoms with Gasteiger partial charge < -0.3 is 24.3 Å². The number of carboxylic acids is 1. The molecular formula is C27H23N3O5. The molecule has 0 spiro atoms. The van der Waals surface area contributed by atoms with Crippen molar-refractivity contribution in [1.82, 2.24) is 4.98 Å². The van der Waals surface area contributed by atoms with Gasteiger partial charge in [-0.1, -0.05) is 6.07 Å². The number of hydrogen-bond donors (Lipinski definition) is 2. The van der Waals surface area contributed by atoms with Crippen LogP contribution in [0.2, 0.25) is 0 Å². The largest absolute Gasteiger partial charge is 0.496 e. The fourth-order valence-electron chi connectivity index (χ4n) is 4.32. The summed E-state index contributed by atoms with van der Waals surface area (Å²) in [6, 6.07) is 16.6. The Morgan fingerprint density at radius 3 is 2.71 bits per heavy atom. The van der Waals surface area contributed by atoms with Crippen LogP contribution in [-0.2, 0) is 4.74 Å². The zero-order chi connectivity index (χ0) is 24.4. The third-order valence-electron chi connectivity index (χ3n) is 6.16. The predicted molar refractivity (Wildman–Crippen MR) is 131 cm³/mol. The molecule has 3 heterocycles. The van der Waals surface area contributed by atoms with Crippen molar-refractivity contribution in [2.75, 3.05) is 25.6 Å². The molecule has 2 N–H and O–H groups in total. The van der Waals surface area contributed by atoms with Crippen molar-refractivity contribution in [2.45, 2.75) is 18.9 Å². The number of nitriles is 1. The van der Waals surface area contributed by atoms with Gasteiger partial charge in [-0.3, -0.25) is 4.98 Å². The van der Waals surface area contributed by atoms with Gasteiger partial charge in [0.1, 0.15) is 23.1 Å². The van der Waals surface area contributed by atoms with Crippen LogP contribution in [-0.4, -0.2) is 42.4 Å². The van der Waals surface area contributed by atoms with E-state index in [0.717, 1.165) is 42.9 Å². The molecule has 1 aliphatic rings. The van der Waals surface area contributed by atoms with Crippen LogP contribution in [0.4, 0.5) is 5.69 Å². The van der Waals surface area contributed by atoms with Crippen LogP contribution in [0.3, 0.4) is 0 Å². The molecule has 0 atom stereocenters. The smallest absolute Gasteiger partial charge is 0.335 e. The third kappa shape index (κ3) is 4.42. The summed E-state index contributed by atoms with van der Waals surface area (Å²) in [4.78, 5) is 15.8. The minimum Gasteiger partial charge on any atom is -0.496 e. The Morgan fingerprint density at radius 2 is 1.97 bits per heavy atom. The van der Waals surface area contributed by atoms with Gasteiger partial charge in [-0.15, -0.1) is 0 Å². The topological polar surface area (TPSA) is 118 Å². The molecule has 2 aromatic heterocycles. The zero-order valence-corrected chi connectivity index (χ0v) is 19.1. The molecule has 0 bridgehead atoms. The maximum Gasteiger partial charge on any atom is 0.335 e. The SMILES string of the molecule is COc1cc(C(=O)O)ccc1-c1cc2nccc(-c3ccc(NC4CCOCC4)c(C#N)c3)c2o1. The van der Waals surface area contributed by atoms with Crippen molar-refractivity contribution in [3.8, 4) is 34.3 Å². The number of aromatic carboxylic acids is 1. The highest BCUT2D eigenvalue weighted by atomic mass is 16.5. The molecule has 0 radical (unpaired) electrons. The van der Waals surface area contributed by atoms with Crippen LogP contribution in [0, 0.1) is 11.3 Å². The fourth-order valence-corrected chi connectivity index (χ4v) is 4.32. The average Bonchev–Trinajstić information content (AvgIpc) is 3.33. The monoisotopic (exact) mass is 469 g/mol. The van der Waals surface area contributed by atoms with E-state index in [0.29, 0.717) is 33.7 Å². The molecule has 1 saturated heterocycles. The van der Waals surface area contributed by atoms with Gasteiger partial charge in [0.05, 0.1) is 29.5 Å². The van der Waals surface area contributed by atoms with E-state index in [9.17, 15) is 15.2 Å². The summed E-state index contributed by atoms with van der Waals surface area (Å²) in [6.07, 6.45) is 3.51. The van der Waals surface area contributed by atoms with E-state index >= 15 is 0 Å². The molecule has 0 amide bonds. The van der Waals surface area contributed by atoms with E-state index in [2.05, 4.69) is 16.4 Å². The highest BCUT2D eigenvalue weighted by molar-refractivity contribution is 5.94. The lowest BCUT2D eigenvalue weighted by atomic mass is 10.0. The van der Waals surface area contributed by atoms with Gasteiger partial charge in [0.2, 0.25) is 0 Å². The highest BCUT2D eigenvalue weighted by Gasteiger charge is 2.19. The second-order valence-electron chi connectivity index (χ2n) is 8.31. The molecule has 5 rings (SSSR count). The van der Waals surface area contributed by atoms with Crippen LogP contribution in [0.5, 0.6) is 5.75 Å². The molecule has 0 unspecified atom stereocenters. The molecule has 35 heavy (non-hydrogen) atoms. The molecule has 4 aromatic rings. The lowest BCUT2D eigenvalue weighted by molar-refractivity contribution is 0.0696. The summed E-state index contributed by atoms with van der Waals surface area (Å²) in [5, 5.41) is 22.5. The fraction of sp³-hybridized carbons (Fsp3) is 0.222. The van der Waals surface area contributed by atoms with Gasteiger partial charge in [0.25, 0.3) is 0 Å². The number of ether oxygens (including phenoxy) is 2. The minimum atomic E-state index is -1.04. The predicted octanol–water partition coefficient (Wildman–Crippen LogP) is 5.33. The summed E-state index contributed by atoms with van der Waals surface area (Å²) >= 11 is 0. The van der Waals surface area contributed by atoms with E-state index < -0.39 is 5.97 Å². The number of methoxy groups -OCH3 is 1. The number of nitrogens with one attached hydrogen (secondary N) is 1. The van der Waals surface area contributed by atoms with Gasteiger partial charge in [-0.2, -0.15) is 5.26 Å². The van der Waals surface area contributed by atoms with Crippen molar-refractivity contribution < 1.29 is 23.8 Å². The van der Waals surface area contributed by atoms with Gasteiger partial charge in [-0.05, 0) is 54.8 Å². The first-order valence-electron chi connectivity index (χ1n) is 11.3. The number of anilines is 1. The van der Waals surface area contributed by atoms with Crippen LogP contribution in [0.15, 0.2) is 59.1 Å². The molecule has 0 saturated carbocycles. The quantitative estimate of drug-likeness (QED) is 0.389. The van der Waals surface area contributed by atoms with Gasteiger partial charge in [0, 0.05) is 37.1 Å². The van der Waals surface area contributed by atoms with Crippen molar-refractivity contribution in [3.63, 3.8) is 0 Å². The number of pyridine rings is 1. The molecule has 1 fully saturated rings. The number of benzene rings is 2. The van der Waals surface area contributed by atoms with Crippen molar-refractivity contribution in [2.24, 2.45) is 0 Å². The Morgan fingerprint density at radius 1 is 1.14 bits per heavy atom.